The minimum absolute atomic E-state index is 0.367. The Morgan fingerprint density at radius 2 is 1.89 bits per heavy atom. The number of rotatable bonds is 5. The maximum absolute atomic E-state index is 4.71. The second-order valence-electron chi connectivity index (χ2n) is 7.77. The van der Waals surface area contributed by atoms with Gasteiger partial charge in [-0.05, 0) is 51.7 Å². The first-order chi connectivity index (χ1) is 13.2. The molecule has 1 unspecified atom stereocenters. The molecule has 6 nitrogen and oxygen atoms in total. The van der Waals surface area contributed by atoms with Crippen molar-refractivity contribution in [1.82, 2.24) is 19.9 Å². The summed E-state index contributed by atoms with van der Waals surface area (Å²) in [7, 11) is 0. The van der Waals surface area contributed by atoms with E-state index in [1.807, 2.05) is 19.2 Å². The normalized spacial score (nSPS) is 18.8. The molecule has 27 heavy (non-hydrogen) atoms. The number of fused-ring (bicyclic) bond motifs is 1. The van der Waals surface area contributed by atoms with Crippen molar-refractivity contribution in [2.45, 2.75) is 45.6 Å². The van der Waals surface area contributed by atoms with Crippen molar-refractivity contribution < 1.29 is 0 Å². The van der Waals surface area contributed by atoms with Crippen molar-refractivity contribution in [3.63, 3.8) is 0 Å². The van der Waals surface area contributed by atoms with Crippen molar-refractivity contribution >= 4 is 11.6 Å². The van der Waals surface area contributed by atoms with Gasteiger partial charge in [0.1, 0.15) is 17.5 Å². The van der Waals surface area contributed by atoms with Crippen LogP contribution < -0.4 is 10.2 Å². The third kappa shape index (κ3) is 4.38. The van der Waals surface area contributed by atoms with Gasteiger partial charge in [0.15, 0.2) is 0 Å². The van der Waals surface area contributed by atoms with Crippen molar-refractivity contribution in [2.75, 3.05) is 42.9 Å². The van der Waals surface area contributed by atoms with E-state index < -0.39 is 0 Å². The molecule has 1 saturated heterocycles. The first-order valence-corrected chi connectivity index (χ1v) is 10.2. The van der Waals surface area contributed by atoms with E-state index in [2.05, 4.69) is 44.1 Å². The highest BCUT2D eigenvalue weighted by Gasteiger charge is 2.21. The molecule has 0 bridgehead atoms. The molecule has 3 heterocycles. The molecule has 2 aromatic rings. The molecule has 2 aromatic heterocycles. The number of hydrogen-bond acceptors (Lipinski definition) is 6. The number of nitrogens with one attached hydrogen (secondary N) is 1. The summed E-state index contributed by atoms with van der Waals surface area (Å²) in [5.41, 5.74) is 2.60. The fourth-order valence-electron chi connectivity index (χ4n) is 4.20. The lowest BCUT2D eigenvalue weighted by atomic mass is 9.96. The van der Waals surface area contributed by atoms with Crippen LogP contribution in [-0.4, -0.2) is 58.6 Å². The number of aromatic nitrogens is 3. The minimum Gasteiger partial charge on any atom is -0.366 e. The first-order valence-electron chi connectivity index (χ1n) is 10.2. The Hall–Kier alpha value is -2.21. The third-order valence-electron chi connectivity index (χ3n) is 5.56. The lowest BCUT2D eigenvalue weighted by Crippen LogP contribution is -2.49. The van der Waals surface area contributed by atoms with Crippen molar-refractivity contribution in [1.29, 1.82) is 0 Å². The summed E-state index contributed by atoms with van der Waals surface area (Å²) in [6, 6.07) is 6.50. The standard InChI is InChI=1S/C21H30N6/c1-16(23-21-18-7-3-4-8-19(18)24-17(2)25-21)15-26-11-13-27(14-12-26)20-9-5-6-10-22-20/h5-6,9-10,16H,3-4,7-8,11-15H2,1-2H3,(H,23,24,25). The van der Waals surface area contributed by atoms with Crippen LogP contribution in [0.1, 0.15) is 36.8 Å². The summed E-state index contributed by atoms with van der Waals surface area (Å²) in [6.07, 6.45) is 6.57. The Morgan fingerprint density at radius 3 is 2.67 bits per heavy atom. The molecule has 2 aliphatic rings. The second-order valence-corrected chi connectivity index (χ2v) is 7.77. The smallest absolute Gasteiger partial charge is 0.133 e. The van der Waals surface area contributed by atoms with E-state index in [1.165, 1.54) is 24.1 Å². The van der Waals surface area contributed by atoms with Gasteiger partial charge < -0.3 is 10.2 Å². The van der Waals surface area contributed by atoms with Gasteiger partial charge >= 0.3 is 0 Å². The molecule has 4 rings (SSSR count). The largest absolute Gasteiger partial charge is 0.366 e. The zero-order valence-corrected chi connectivity index (χ0v) is 16.5. The highest BCUT2D eigenvalue weighted by atomic mass is 15.3. The van der Waals surface area contributed by atoms with Gasteiger partial charge in [0, 0.05) is 56.2 Å². The van der Waals surface area contributed by atoms with E-state index in [0.717, 1.165) is 63.0 Å². The molecule has 1 atom stereocenters. The van der Waals surface area contributed by atoms with Crippen LogP contribution in [0.15, 0.2) is 24.4 Å². The fraction of sp³-hybridized carbons (Fsp3) is 0.571. The van der Waals surface area contributed by atoms with Gasteiger partial charge in [0.05, 0.1) is 0 Å². The molecule has 0 spiro atoms. The van der Waals surface area contributed by atoms with Crippen LogP contribution in [0.25, 0.3) is 0 Å². The predicted molar refractivity (Wildman–Crippen MR) is 109 cm³/mol. The number of aryl methyl sites for hydroxylation is 2. The van der Waals surface area contributed by atoms with Crippen molar-refractivity contribution in [3.05, 3.63) is 41.5 Å². The molecule has 0 radical (unpaired) electrons. The number of pyridine rings is 1. The van der Waals surface area contributed by atoms with Crippen LogP contribution in [-0.2, 0) is 12.8 Å². The van der Waals surface area contributed by atoms with Crippen molar-refractivity contribution in [2.24, 2.45) is 0 Å². The summed E-state index contributed by atoms with van der Waals surface area (Å²) < 4.78 is 0. The maximum atomic E-state index is 4.71. The second kappa shape index (κ2) is 8.21. The molecule has 1 N–H and O–H groups in total. The van der Waals surface area contributed by atoms with Gasteiger partial charge in [-0.2, -0.15) is 0 Å². The molecular weight excluding hydrogens is 336 g/mol. The average Bonchev–Trinajstić information content (AvgIpc) is 2.69. The molecule has 0 amide bonds. The van der Waals surface area contributed by atoms with Crippen LogP contribution in [0.3, 0.4) is 0 Å². The highest BCUT2D eigenvalue weighted by molar-refractivity contribution is 5.48. The van der Waals surface area contributed by atoms with Gasteiger partial charge in [-0.15, -0.1) is 0 Å². The third-order valence-corrected chi connectivity index (χ3v) is 5.56. The van der Waals surface area contributed by atoms with Crippen molar-refractivity contribution in [3.8, 4) is 0 Å². The number of anilines is 2. The lowest BCUT2D eigenvalue weighted by molar-refractivity contribution is 0.250. The zero-order valence-electron chi connectivity index (χ0n) is 16.5. The lowest BCUT2D eigenvalue weighted by Gasteiger charge is -2.36. The molecule has 1 aliphatic carbocycles. The summed E-state index contributed by atoms with van der Waals surface area (Å²) in [6.45, 7) is 9.51. The molecular formula is C21H30N6. The minimum atomic E-state index is 0.367. The number of hydrogen-bond donors (Lipinski definition) is 1. The number of piperazine rings is 1. The van der Waals surface area contributed by atoms with E-state index in [-0.39, 0.29) is 0 Å². The van der Waals surface area contributed by atoms with Gasteiger partial charge in [-0.25, -0.2) is 15.0 Å². The summed E-state index contributed by atoms with van der Waals surface area (Å²) in [5.74, 6) is 3.04. The van der Waals surface area contributed by atoms with Crippen LogP contribution in [0.4, 0.5) is 11.6 Å². The SMILES string of the molecule is Cc1nc2c(c(NC(C)CN3CCN(c4ccccn4)CC3)n1)CCCC2. The van der Waals surface area contributed by atoms with Gasteiger partial charge in [0.2, 0.25) is 0 Å². The Kier molecular flexibility index (Phi) is 5.53. The molecule has 1 fully saturated rings. The first kappa shape index (κ1) is 18.2. The Bertz CT molecular complexity index is 755. The summed E-state index contributed by atoms with van der Waals surface area (Å²) >= 11 is 0. The van der Waals surface area contributed by atoms with Gasteiger partial charge in [-0.3, -0.25) is 4.90 Å². The Balaban J connectivity index is 1.33. The Morgan fingerprint density at radius 1 is 1.07 bits per heavy atom. The van der Waals surface area contributed by atoms with Gasteiger partial charge in [0.25, 0.3) is 0 Å². The topological polar surface area (TPSA) is 57.2 Å². The zero-order chi connectivity index (χ0) is 18.6. The summed E-state index contributed by atoms with van der Waals surface area (Å²) in [4.78, 5) is 18.8. The van der Waals surface area contributed by atoms with Gasteiger partial charge in [-0.1, -0.05) is 6.07 Å². The Labute approximate surface area is 162 Å². The molecule has 0 aromatic carbocycles. The molecule has 6 heteroatoms. The number of nitrogens with zero attached hydrogens (tertiary/aromatic N) is 5. The van der Waals surface area contributed by atoms with E-state index in [0.29, 0.717) is 6.04 Å². The van der Waals surface area contributed by atoms with Crippen LogP contribution >= 0.6 is 0 Å². The fourth-order valence-corrected chi connectivity index (χ4v) is 4.20. The molecule has 1 aliphatic heterocycles. The molecule has 144 valence electrons. The van der Waals surface area contributed by atoms with Crippen LogP contribution in [0, 0.1) is 6.92 Å². The average molecular weight is 367 g/mol. The van der Waals surface area contributed by atoms with E-state index in [9.17, 15) is 0 Å². The maximum Gasteiger partial charge on any atom is 0.133 e. The quantitative estimate of drug-likeness (QED) is 0.878. The molecule has 0 saturated carbocycles. The van der Waals surface area contributed by atoms with Crippen LogP contribution in [0.2, 0.25) is 0 Å². The predicted octanol–water partition coefficient (Wildman–Crippen LogP) is 2.68. The van der Waals surface area contributed by atoms with E-state index in [1.54, 1.807) is 0 Å². The van der Waals surface area contributed by atoms with E-state index in [4.69, 9.17) is 4.98 Å². The van der Waals surface area contributed by atoms with Crippen LogP contribution in [0.5, 0.6) is 0 Å². The monoisotopic (exact) mass is 366 g/mol. The highest BCUT2D eigenvalue weighted by Crippen LogP contribution is 2.26. The van der Waals surface area contributed by atoms with E-state index >= 15 is 0 Å². The summed E-state index contributed by atoms with van der Waals surface area (Å²) in [5, 5.41) is 3.68.